The quantitative estimate of drug-likeness (QED) is 0.585. The summed E-state index contributed by atoms with van der Waals surface area (Å²) >= 11 is 3.29. The van der Waals surface area contributed by atoms with Crippen LogP contribution in [0.15, 0.2) is 24.5 Å². The van der Waals surface area contributed by atoms with Gasteiger partial charge in [0.1, 0.15) is 0 Å². The lowest BCUT2D eigenvalue weighted by Gasteiger charge is -1.97. The van der Waals surface area contributed by atoms with Gasteiger partial charge in [0, 0.05) is 29.7 Å². The van der Waals surface area contributed by atoms with Crippen LogP contribution >= 0.6 is 15.9 Å². The van der Waals surface area contributed by atoms with Gasteiger partial charge >= 0.3 is 0 Å². The first-order chi connectivity index (χ1) is 5.84. The molecule has 1 aromatic heterocycles. The van der Waals surface area contributed by atoms with E-state index in [9.17, 15) is 4.79 Å². The molecule has 1 aromatic rings. The molecule has 0 N–H and O–H groups in total. The number of aromatic nitrogens is 1. The molecule has 0 aromatic carbocycles. The zero-order valence-electron chi connectivity index (χ0n) is 6.66. The van der Waals surface area contributed by atoms with Crippen molar-refractivity contribution in [3.8, 4) is 0 Å². The summed E-state index contributed by atoms with van der Waals surface area (Å²) in [6, 6.07) is 3.49. The van der Waals surface area contributed by atoms with Crippen LogP contribution in [-0.4, -0.2) is 16.1 Å². The Balaban J connectivity index is 2.54. The maximum Gasteiger partial charge on any atom is 0.163 e. The Morgan fingerprint density at radius 1 is 1.42 bits per heavy atom. The van der Waals surface area contributed by atoms with E-state index in [1.807, 2.05) is 0 Å². The Kier molecular flexibility index (Phi) is 3.94. The normalized spacial score (nSPS) is 9.75. The van der Waals surface area contributed by atoms with Gasteiger partial charge in [-0.15, -0.1) is 0 Å². The Hall–Kier alpha value is -0.700. The number of hydrogen-bond acceptors (Lipinski definition) is 2. The summed E-state index contributed by atoms with van der Waals surface area (Å²) in [7, 11) is 0. The van der Waals surface area contributed by atoms with Gasteiger partial charge in [-0.1, -0.05) is 15.9 Å². The molecule has 12 heavy (non-hydrogen) atoms. The first kappa shape index (κ1) is 9.39. The van der Waals surface area contributed by atoms with Crippen LogP contribution in [0.4, 0.5) is 0 Å². The second-order valence-corrected chi connectivity index (χ2v) is 3.24. The van der Waals surface area contributed by atoms with E-state index in [-0.39, 0.29) is 5.78 Å². The second-order valence-electron chi connectivity index (χ2n) is 2.45. The van der Waals surface area contributed by atoms with Crippen LogP contribution < -0.4 is 0 Å². The highest BCUT2D eigenvalue weighted by molar-refractivity contribution is 9.09. The largest absolute Gasteiger partial charge is 0.294 e. The molecule has 2 nitrogen and oxygen atoms in total. The average Bonchev–Trinajstić information content (AvgIpc) is 2.15. The molecule has 0 bridgehead atoms. The van der Waals surface area contributed by atoms with Crippen LogP contribution in [0.3, 0.4) is 0 Å². The second kappa shape index (κ2) is 5.04. The van der Waals surface area contributed by atoms with Crippen molar-refractivity contribution in [1.82, 2.24) is 4.98 Å². The molecule has 1 rings (SSSR count). The molecule has 0 aliphatic carbocycles. The predicted molar refractivity (Wildman–Crippen MR) is 51.6 cm³/mol. The highest BCUT2D eigenvalue weighted by Crippen LogP contribution is 2.04. The van der Waals surface area contributed by atoms with Crippen LogP contribution in [0.25, 0.3) is 0 Å². The maximum absolute atomic E-state index is 11.4. The number of pyridine rings is 1. The van der Waals surface area contributed by atoms with Crippen molar-refractivity contribution in [3.05, 3.63) is 30.1 Å². The van der Waals surface area contributed by atoms with Crippen LogP contribution in [-0.2, 0) is 0 Å². The lowest BCUT2D eigenvalue weighted by Crippen LogP contribution is -1.98. The van der Waals surface area contributed by atoms with E-state index >= 15 is 0 Å². The van der Waals surface area contributed by atoms with Crippen LogP contribution in [0, 0.1) is 0 Å². The molecule has 0 spiro atoms. The van der Waals surface area contributed by atoms with Gasteiger partial charge in [0.05, 0.1) is 0 Å². The zero-order valence-corrected chi connectivity index (χ0v) is 8.25. The molecule has 3 heteroatoms. The Morgan fingerprint density at radius 3 is 2.67 bits per heavy atom. The van der Waals surface area contributed by atoms with Crippen LogP contribution in [0.1, 0.15) is 23.2 Å². The number of alkyl halides is 1. The Bertz CT molecular complexity index is 248. The zero-order chi connectivity index (χ0) is 8.81. The summed E-state index contributed by atoms with van der Waals surface area (Å²) in [6.07, 6.45) is 4.78. The van der Waals surface area contributed by atoms with Crippen LogP contribution in [0.5, 0.6) is 0 Å². The molecule has 0 atom stereocenters. The fourth-order valence-electron chi connectivity index (χ4n) is 0.910. The molecule has 0 saturated heterocycles. The number of nitrogens with zero attached hydrogens (tertiary/aromatic N) is 1. The lowest BCUT2D eigenvalue weighted by atomic mass is 10.1. The van der Waals surface area contributed by atoms with Gasteiger partial charge in [-0.05, 0) is 18.6 Å². The van der Waals surface area contributed by atoms with Crippen molar-refractivity contribution in [2.24, 2.45) is 0 Å². The third-order valence-corrected chi connectivity index (χ3v) is 2.10. The Morgan fingerprint density at radius 2 is 2.08 bits per heavy atom. The van der Waals surface area contributed by atoms with Gasteiger partial charge in [-0.3, -0.25) is 9.78 Å². The first-order valence-corrected chi connectivity index (χ1v) is 4.96. The van der Waals surface area contributed by atoms with Gasteiger partial charge in [-0.2, -0.15) is 0 Å². The number of halogens is 1. The van der Waals surface area contributed by atoms with Crippen molar-refractivity contribution in [3.63, 3.8) is 0 Å². The molecule has 0 radical (unpaired) electrons. The van der Waals surface area contributed by atoms with Crippen molar-refractivity contribution >= 4 is 21.7 Å². The van der Waals surface area contributed by atoms with Crippen molar-refractivity contribution in [2.75, 3.05) is 5.33 Å². The Labute approximate surface area is 80.1 Å². The van der Waals surface area contributed by atoms with Gasteiger partial charge < -0.3 is 0 Å². The van der Waals surface area contributed by atoms with E-state index in [1.54, 1.807) is 24.5 Å². The molecule has 0 aliphatic heterocycles. The van der Waals surface area contributed by atoms with E-state index in [0.29, 0.717) is 6.42 Å². The van der Waals surface area contributed by atoms with Crippen molar-refractivity contribution < 1.29 is 4.79 Å². The van der Waals surface area contributed by atoms with Gasteiger partial charge in [-0.25, -0.2) is 0 Å². The number of carbonyl (C=O) groups is 1. The SMILES string of the molecule is O=C(CCCBr)c1ccncc1. The standard InChI is InChI=1S/C9H10BrNO/c10-5-1-2-9(12)8-3-6-11-7-4-8/h3-4,6-7H,1-2,5H2. The average molecular weight is 228 g/mol. The molecule has 0 fully saturated rings. The van der Waals surface area contributed by atoms with Crippen LogP contribution in [0.2, 0.25) is 0 Å². The van der Waals surface area contributed by atoms with Gasteiger partial charge in [0.15, 0.2) is 5.78 Å². The first-order valence-electron chi connectivity index (χ1n) is 3.84. The van der Waals surface area contributed by atoms with E-state index < -0.39 is 0 Å². The van der Waals surface area contributed by atoms with Gasteiger partial charge in [0.2, 0.25) is 0 Å². The number of Topliss-reactive ketones (excluding diaryl/α,β-unsaturated/α-hetero) is 1. The highest BCUT2D eigenvalue weighted by atomic mass is 79.9. The van der Waals surface area contributed by atoms with Gasteiger partial charge in [0.25, 0.3) is 0 Å². The molecule has 0 amide bonds. The number of rotatable bonds is 4. The fourth-order valence-corrected chi connectivity index (χ4v) is 1.19. The summed E-state index contributed by atoms with van der Waals surface area (Å²) in [5.74, 6) is 0.192. The van der Waals surface area contributed by atoms with E-state index in [2.05, 4.69) is 20.9 Å². The fraction of sp³-hybridized carbons (Fsp3) is 0.333. The third-order valence-electron chi connectivity index (χ3n) is 1.54. The lowest BCUT2D eigenvalue weighted by molar-refractivity contribution is 0.0982. The van der Waals surface area contributed by atoms with Crippen molar-refractivity contribution in [1.29, 1.82) is 0 Å². The molecule has 0 saturated carbocycles. The molecule has 0 aliphatic rings. The van der Waals surface area contributed by atoms with E-state index in [4.69, 9.17) is 0 Å². The number of hydrogen-bond donors (Lipinski definition) is 0. The smallest absolute Gasteiger partial charge is 0.163 e. The summed E-state index contributed by atoms with van der Waals surface area (Å²) in [4.78, 5) is 15.2. The summed E-state index contributed by atoms with van der Waals surface area (Å²) in [5, 5.41) is 0.879. The minimum absolute atomic E-state index is 0.192. The minimum Gasteiger partial charge on any atom is -0.294 e. The van der Waals surface area contributed by atoms with E-state index in [0.717, 1.165) is 17.3 Å². The van der Waals surface area contributed by atoms with Crippen molar-refractivity contribution in [2.45, 2.75) is 12.8 Å². The summed E-state index contributed by atoms with van der Waals surface area (Å²) < 4.78 is 0. The topological polar surface area (TPSA) is 30.0 Å². The summed E-state index contributed by atoms with van der Waals surface area (Å²) in [6.45, 7) is 0. The molecule has 1 heterocycles. The molecule has 64 valence electrons. The molecular weight excluding hydrogens is 218 g/mol. The summed E-state index contributed by atoms with van der Waals surface area (Å²) in [5.41, 5.74) is 0.756. The third kappa shape index (κ3) is 2.74. The minimum atomic E-state index is 0.192. The maximum atomic E-state index is 11.4. The highest BCUT2D eigenvalue weighted by Gasteiger charge is 2.02. The predicted octanol–water partition coefficient (Wildman–Crippen LogP) is 2.44. The number of ketones is 1. The molecular formula is C9H10BrNO. The molecule has 0 unspecified atom stereocenters. The number of carbonyl (C=O) groups excluding carboxylic acids is 1. The van der Waals surface area contributed by atoms with E-state index in [1.165, 1.54) is 0 Å². The monoisotopic (exact) mass is 227 g/mol.